The normalized spacial score (nSPS) is 17.0. The molecular weight excluding hydrogens is 234 g/mol. The smallest absolute Gasteiger partial charge is 0.156 e. The van der Waals surface area contributed by atoms with Crippen molar-refractivity contribution < 1.29 is 0 Å². The predicted molar refractivity (Wildman–Crippen MR) is 70.4 cm³/mol. The Bertz CT molecular complexity index is 532. The van der Waals surface area contributed by atoms with Gasteiger partial charge in [0.2, 0.25) is 0 Å². The van der Waals surface area contributed by atoms with Crippen molar-refractivity contribution in [1.82, 2.24) is 10.2 Å². The molecule has 0 spiro atoms. The molecule has 17 heavy (non-hydrogen) atoms. The average molecular weight is 248 g/mol. The Kier molecular flexibility index (Phi) is 2.63. The molecule has 1 saturated carbocycles. The summed E-state index contributed by atoms with van der Waals surface area (Å²) < 4.78 is 0. The van der Waals surface area contributed by atoms with Crippen molar-refractivity contribution in [3.8, 4) is 0 Å². The number of anilines is 1. The fourth-order valence-electron chi connectivity index (χ4n) is 1.96. The number of benzene rings is 1. The lowest BCUT2D eigenvalue weighted by atomic mass is 10.1. The minimum absolute atomic E-state index is 0.292. The van der Waals surface area contributed by atoms with Gasteiger partial charge in [-0.1, -0.05) is 24.3 Å². The zero-order chi connectivity index (χ0) is 11.7. The Morgan fingerprint density at radius 3 is 2.88 bits per heavy atom. The second-order valence-corrected chi connectivity index (χ2v) is 5.03. The van der Waals surface area contributed by atoms with Gasteiger partial charge in [0.05, 0.1) is 6.20 Å². The van der Waals surface area contributed by atoms with E-state index in [1.165, 1.54) is 12.8 Å². The molecule has 1 N–H and O–H groups in total. The van der Waals surface area contributed by atoms with Gasteiger partial charge in [-0.05, 0) is 12.8 Å². The molecule has 1 heterocycles. The number of hydrogen-bond donors (Lipinski definition) is 1. The van der Waals surface area contributed by atoms with E-state index in [-0.39, 0.29) is 0 Å². The summed E-state index contributed by atoms with van der Waals surface area (Å²) in [6.07, 6.45) is 4.21. The van der Waals surface area contributed by atoms with Crippen molar-refractivity contribution in [2.75, 3.05) is 17.7 Å². The summed E-state index contributed by atoms with van der Waals surface area (Å²) in [5.74, 6) is 1.58. The number of nitrogens with zero attached hydrogens (tertiary/aromatic N) is 2. The number of rotatable bonds is 4. The minimum Gasteiger partial charge on any atom is -0.367 e. The quantitative estimate of drug-likeness (QED) is 0.844. The highest BCUT2D eigenvalue weighted by Crippen LogP contribution is 2.46. The van der Waals surface area contributed by atoms with E-state index in [0.29, 0.717) is 5.41 Å². The van der Waals surface area contributed by atoms with Gasteiger partial charge < -0.3 is 5.32 Å². The lowest BCUT2D eigenvalue weighted by Gasteiger charge is -2.13. The zero-order valence-corrected chi connectivity index (χ0v) is 10.2. The lowest BCUT2D eigenvalue weighted by molar-refractivity contribution is 0.617. The highest BCUT2D eigenvalue weighted by atomic mass is 35.5. The molecule has 1 aliphatic carbocycles. The van der Waals surface area contributed by atoms with E-state index in [1.54, 1.807) is 6.20 Å². The standard InChI is InChI=1S/C13H14ClN3/c14-8-13(5-6-13)9-15-12-11-4-2-1-3-10(11)7-16-17-12/h1-4,7H,5-6,8-9H2,(H,15,17). The SMILES string of the molecule is ClCC1(CNc2nncc3ccccc23)CC1. The Hall–Kier alpha value is -1.35. The highest BCUT2D eigenvalue weighted by molar-refractivity contribution is 6.18. The first kappa shape index (κ1) is 10.8. The molecule has 4 heteroatoms. The van der Waals surface area contributed by atoms with Crippen LogP contribution in [0.15, 0.2) is 30.5 Å². The van der Waals surface area contributed by atoms with E-state index in [4.69, 9.17) is 11.6 Å². The van der Waals surface area contributed by atoms with E-state index in [2.05, 4.69) is 21.6 Å². The van der Waals surface area contributed by atoms with Crippen LogP contribution in [0, 0.1) is 5.41 Å². The number of halogens is 1. The third-order valence-corrected chi connectivity index (χ3v) is 4.01. The van der Waals surface area contributed by atoms with Crippen LogP contribution in [0.1, 0.15) is 12.8 Å². The van der Waals surface area contributed by atoms with Gasteiger partial charge in [-0.15, -0.1) is 16.7 Å². The molecule has 0 radical (unpaired) electrons. The molecule has 3 nitrogen and oxygen atoms in total. The van der Waals surface area contributed by atoms with Crippen LogP contribution < -0.4 is 5.32 Å². The van der Waals surface area contributed by atoms with Crippen LogP contribution in [0.5, 0.6) is 0 Å². The van der Waals surface area contributed by atoms with Crippen molar-refractivity contribution in [2.24, 2.45) is 5.41 Å². The highest BCUT2D eigenvalue weighted by Gasteiger charge is 2.41. The molecule has 0 bridgehead atoms. The monoisotopic (exact) mass is 247 g/mol. The third-order valence-electron chi connectivity index (χ3n) is 3.44. The summed E-state index contributed by atoms with van der Waals surface area (Å²) in [4.78, 5) is 0. The number of nitrogens with one attached hydrogen (secondary N) is 1. The average Bonchev–Trinajstić information content (AvgIpc) is 3.17. The Balaban J connectivity index is 1.85. The topological polar surface area (TPSA) is 37.8 Å². The Labute approximate surface area is 105 Å². The number of aromatic nitrogens is 2. The zero-order valence-electron chi connectivity index (χ0n) is 9.49. The molecule has 1 aromatic carbocycles. The van der Waals surface area contributed by atoms with Gasteiger partial charge in [0.25, 0.3) is 0 Å². The van der Waals surface area contributed by atoms with Gasteiger partial charge >= 0.3 is 0 Å². The van der Waals surface area contributed by atoms with Crippen LogP contribution in [-0.4, -0.2) is 22.6 Å². The molecule has 1 fully saturated rings. The molecule has 0 amide bonds. The maximum absolute atomic E-state index is 5.96. The molecule has 3 rings (SSSR count). The molecule has 0 saturated heterocycles. The minimum atomic E-state index is 0.292. The Morgan fingerprint density at radius 2 is 2.12 bits per heavy atom. The van der Waals surface area contributed by atoms with Crippen molar-refractivity contribution in [3.05, 3.63) is 30.5 Å². The fraction of sp³-hybridized carbons (Fsp3) is 0.385. The molecule has 1 aromatic heterocycles. The summed E-state index contributed by atoms with van der Waals surface area (Å²) >= 11 is 5.96. The first-order chi connectivity index (χ1) is 8.33. The number of hydrogen-bond acceptors (Lipinski definition) is 3. The van der Waals surface area contributed by atoms with Crippen LogP contribution in [0.4, 0.5) is 5.82 Å². The van der Waals surface area contributed by atoms with Crippen molar-refractivity contribution in [2.45, 2.75) is 12.8 Å². The van der Waals surface area contributed by atoms with E-state index < -0.39 is 0 Å². The summed E-state index contributed by atoms with van der Waals surface area (Å²) in [6, 6.07) is 8.13. The third kappa shape index (κ3) is 2.07. The second-order valence-electron chi connectivity index (χ2n) is 4.77. The molecule has 1 aliphatic rings. The first-order valence-corrected chi connectivity index (χ1v) is 6.37. The van der Waals surface area contributed by atoms with Crippen LogP contribution in [-0.2, 0) is 0 Å². The predicted octanol–water partition coefficient (Wildman–Crippen LogP) is 3.06. The summed E-state index contributed by atoms with van der Waals surface area (Å²) in [7, 11) is 0. The van der Waals surface area contributed by atoms with Gasteiger partial charge in [-0.3, -0.25) is 0 Å². The summed E-state index contributed by atoms with van der Waals surface area (Å²) in [5, 5.41) is 13.8. The van der Waals surface area contributed by atoms with Gasteiger partial charge in [-0.2, -0.15) is 5.10 Å². The van der Waals surface area contributed by atoms with Crippen molar-refractivity contribution >= 4 is 28.2 Å². The van der Waals surface area contributed by atoms with Gasteiger partial charge in [0.1, 0.15) is 0 Å². The fourth-order valence-corrected chi connectivity index (χ4v) is 2.33. The summed E-state index contributed by atoms with van der Waals surface area (Å²) in [5.41, 5.74) is 0.292. The lowest BCUT2D eigenvalue weighted by Crippen LogP contribution is -2.17. The largest absolute Gasteiger partial charge is 0.367 e. The van der Waals surface area contributed by atoms with E-state index in [9.17, 15) is 0 Å². The molecule has 88 valence electrons. The van der Waals surface area contributed by atoms with E-state index in [1.807, 2.05) is 18.2 Å². The molecule has 2 aromatic rings. The van der Waals surface area contributed by atoms with Crippen LogP contribution in [0.25, 0.3) is 10.8 Å². The van der Waals surface area contributed by atoms with E-state index in [0.717, 1.165) is 29.0 Å². The van der Waals surface area contributed by atoms with Crippen molar-refractivity contribution in [1.29, 1.82) is 0 Å². The molecular formula is C13H14ClN3. The number of alkyl halides is 1. The second kappa shape index (κ2) is 4.15. The van der Waals surface area contributed by atoms with Gasteiger partial charge in [0.15, 0.2) is 5.82 Å². The number of fused-ring (bicyclic) bond motifs is 1. The van der Waals surface area contributed by atoms with Gasteiger partial charge in [-0.25, -0.2) is 0 Å². The van der Waals surface area contributed by atoms with Gasteiger partial charge in [0, 0.05) is 28.6 Å². The van der Waals surface area contributed by atoms with Crippen LogP contribution in [0.2, 0.25) is 0 Å². The van der Waals surface area contributed by atoms with Crippen molar-refractivity contribution in [3.63, 3.8) is 0 Å². The van der Waals surface area contributed by atoms with Crippen LogP contribution >= 0.6 is 11.6 Å². The van der Waals surface area contributed by atoms with Crippen LogP contribution in [0.3, 0.4) is 0 Å². The maximum atomic E-state index is 5.96. The molecule has 0 atom stereocenters. The molecule has 0 aliphatic heterocycles. The maximum Gasteiger partial charge on any atom is 0.156 e. The first-order valence-electron chi connectivity index (χ1n) is 5.83. The Morgan fingerprint density at radius 1 is 1.29 bits per heavy atom. The molecule has 0 unspecified atom stereocenters. The summed E-state index contributed by atoms with van der Waals surface area (Å²) in [6.45, 7) is 0.888. The van der Waals surface area contributed by atoms with E-state index >= 15 is 0 Å².